The van der Waals surface area contributed by atoms with Crippen molar-refractivity contribution in [3.8, 4) is 5.69 Å². The Morgan fingerprint density at radius 2 is 1.73 bits per heavy atom. The zero-order valence-electron chi connectivity index (χ0n) is 14.7. The van der Waals surface area contributed by atoms with Gasteiger partial charge >= 0.3 is 0 Å². The fraction of sp³-hybridized carbons (Fsp3) is 0.150. The van der Waals surface area contributed by atoms with E-state index in [1.54, 1.807) is 30.1 Å². The van der Waals surface area contributed by atoms with Crippen LogP contribution in [0.5, 0.6) is 0 Å². The van der Waals surface area contributed by atoms with Crippen LogP contribution in [0, 0.1) is 6.92 Å². The Bertz CT molecular complexity index is 915. The zero-order valence-corrected chi connectivity index (χ0v) is 14.7. The first-order valence-electron chi connectivity index (χ1n) is 8.29. The van der Waals surface area contributed by atoms with Gasteiger partial charge in [0.25, 0.3) is 5.91 Å². The number of rotatable bonds is 5. The Balaban J connectivity index is 1.73. The highest BCUT2D eigenvalue weighted by Gasteiger charge is 2.15. The van der Waals surface area contributed by atoms with E-state index >= 15 is 0 Å². The topological polar surface area (TPSA) is 76.0 Å². The molecule has 2 aromatic carbocycles. The summed E-state index contributed by atoms with van der Waals surface area (Å²) >= 11 is 0. The molecule has 0 aliphatic rings. The van der Waals surface area contributed by atoms with Crippen LogP contribution in [0.3, 0.4) is 0 Å². The molecule has 0 aliphatic heterocycles. The minimum atomic E-state index is -0.219. The molecule has 1 heterocycles. The van der Waals surface area contributed by atoms with E-state index in [-0.39, 0.29) is 11.8 Å². The average molecular weight is 348 g/mol. The second-order valence-electron chi connectivity index (χ2n) is 5.89. The molecule has 3 aromatic rings. The lowest BCUT2D eigenvalue weighted by atomic mass is 10.1. The number of para-hydroxylation sites is 1. The van der Waals surface area contributed by atoms with Crippen LogP contribution >= 0.6 is 0 Å². The van der Waals surface area contributed by atoms with Gasteiger partial charge in [0.1, 0.15) is 0 Å². The van der Waals surface area contributed by atoms with Crippen LogP contribution in [0.2, 0.25) is 0 Å². The van der Waals surface area contributed by atoms with Gasteiger partial charge in [-0.15, -0.1) is 0 Å². The fourth-order valence-electron chi connectivity index (χ4n) is 2.64. The Morgan fingerprint density at radius 3 is 2.38 bits per heavy atom. The molecule has 3 rings (SSSR count). The van der Waals surface area contributed by atoms with Crippen molar-refractivity contribution in [1.82, 2.24) is 15.1 Å². The molecule has 0 spiro atoms. The standard InChI is InChI=1S/C20H20N4O2/c1-14-18(13-22-24(14)17-6-4-3-5-7-17)20(26)23-16-10-8-15(9-11-16)12-19(25)21-2/h3-11,13H,12H2,1-2H3,(H,21,25)(H,23,26). The molecule has 0 bridgehead atoms. The van der Waals surface area contributed by atoms with Crippen LogP contribution in [-0.2, 0) is 11.2 Å². The Hall–Kier alpha value is -3.41. The maximum absolute atomic E-state index is 12.6. The summed E-state index contributed by atoms with van der Waals surface area (Å²) in [4.78, 5) is 24.0. The van der Waals surface area contributed by atoms with Crippen molar-refractivity contribution in [2.75, 3.05) is 12.4 Å². The van der Waals surface area contributed by atoms with Crippen molar-refractivity contribution in [1.29, 1.82) is 0 Å². The highest BCUT2D eigenvalue weighted by Crippen LogP contribution is 2.16. The van der Waals surface area contributed by atoms with E-state index in [0.29, 0.717) is 17.7 Å². The number of benzene rings is 2. The van der Waals surface area contributed by atoms with Gasteiger partial charge in [-0.2, -0.15) is 5.10 Å². The van der Waals surface area contributed by atoms with E-state index in [9.17, 15) is 9.59 Å². The molecule has 6 nitrogen and oxygen atoms in total. The predicted octanol–water partition coefficient (Wildman–Crippen LogP) is 2.72. The lowest BCUT2D eigenvalue weighted by molar-refractivity contribution is -0.119. The quantitative estimate of drug-likeness (QED) is 0.744. The first-order chi connectivity index (χ1) is 12.6. The summed E-state index contributed by atoms with van der Waals surface area (Å²) in [5.41, 5.74) is 3.74. The molecule has 0 saturated carbocycles. The van der Waals surface area contributed by atoms with Crippen molar-refractivity contribution in [3.63, 3.8) is 0 Å². The largest absolute Gasteiger partial charge is 0.359 e. The van der Waals surface area contributed by atoms with Gasteiger partial charge in [0.05, 0.1) is 29.6 Å². The molecule has 1 aromatic heterocycles. The number of carbonyl (C=O) groups is 2. The summed E-state index contributed by atoms with van der Waals surface area (Å²) in [6.45, 7) is 1.86. The van der Waals surface area contributed by atoms with Crippen LogP contribution in [0.4, 0.5) is 5.69 Å². The van der Waals surface area contributed by atoms with Crippen LogP contribution in [0.1, 0.15) is 21.6 Å². The SMILES string of the molecule is CNC(=O)Cc1ccc(NC(=O)c2cnn(-c3ccccc3)c2C)cc1. The van der Waals surface area contributed by atoms with Crippen LogP contribution in [0.15, 0.2) is 60.8 Å². The zero-order chi connectivity index (χ0) is 18.5. The Labute approximate surface area is 151 Å². The molecule has 0 aliphatic carbocycles. The molecule has 2 N–H and O–H groups in total. The number of carbonyl (C=O) groups excluding carboxylic acids is 2. The molecule has 6 heteroatoms. The lowest BCUT2D eigenvalue weighted by Crippen LogP contribution is -2.19. The molecule has 132 valence electrons. The van der Waals surface area contributed by atoms with E-state index in [4.69, 9.17) is 0 Å². The summed E-state index contributed by atoms with van der Waals surface area (Å²) in [5, 5.41) is 9.77. The van der Waals surface area contributed by atoms with Crippen molar-refractivity contribution in [2.45, 2.75) is 13.3 Å². The fourth-order valence-corrected chi connectivity index (χ4v) is 2.64. The number of likely N-dealkylation sites (N-methyl/N-ethyl adjacent to an activating group) is 1. The summed E-state index contributed by atoms with van der Waals surface area (Å²) in [6, 6.07) is 16.9. The van der Waals surface area contributed by atoms with Crippen LogP contribution < -0.4 is 10.6 Å². The third-order valence-electron chi connectivity index (χ3n) is 4.11. The highest BCUT2D eigenvalue weighted by molar-refractivity contribution is 6.05. The maximum atomic E-state index is 12.6. The third-order valence-corrected chi connectivity index (χ3v) is 4.11. The van der Waals surface area contributed by atoms with Crippen LogP contribution in [-0.4, -0.2) is 28.6 Å². The first-order valence-corrected chi connectivity index (χ1v) is 8.29. The van der Waals surface area contributed by atoms with Crippen molar-refractivity contribution < 1.29 is 9.59 Å². The Morgan fingerprint density at radius 1 is 1.04 bits per heavy atom. The van der Waals surface area contributed by atoms with E-state index in [1.165, 1.54) is 0 Å². The molecular weight excluding hydrogens is 328 g/mol. The number of hydrogen-bond donors (Lipinski definition) is 2. The minimum Gasteiger partial charge on any atom is -0.359 e. The second kappa shape index (κ2) is 7.65. The second-order valence-corrected chi connectivity index (χ2v) is 5.89. The van der Waals surface area contributed by atoms with Crippen molar-refractivity contribution in [3.05, 3.63) is 77.6 Å². The summed E-state index contributed by atoms with van der Waals surface area (Å²) in [7, 11) is 1.61. The highest BCUT2D eigenvalue weighted by atomic mass is 16.2. The lowest BCUT2D eigenvalue weighted by Gasteiger charge is -2.07. The maximum Gasteiger partial charge on any atom is 0.259 e. The van der Waals surface area contributed by atoms with Gasteiger partial charge < -0.3 is 10.6 Å². The summed E-state index contributed by atoms with van der Waals surface area (Å²) in [5.74, 6) is -0.269. The van der Waals surface area contributed by atoms with E-state index in [1.807, 2.05) is 49.4 Å². The Kier molecular flexibility index (Phi) is 5.12. The summed E-state index contributed by atoms with van der Waals surface area (Å²) in [6.07, 6.45) is 1.88. The van der Waals surface area contributed by atoms with E-state index in [2.05, 4.69) is 15.7 Å². The van der Waals surface area contributed by atoms with Gasteiger partial charge in [-0.05, 0) is 36.8 Å². The van der Waals surface area contributed by atoms with Gasteiger partial charge in [0.2, 0.25) is 5.91 Å². The molecule has 0 saturated heterocycles. The van der Waals surface area contributed by atoms with Gasteiger partial charge in [-0.25, -0.2) is 4.68 Å². The van der Waals surface area contributed by atoms with Crippen molar-refractivity contribution in [2.24, 2.45) is 0 Å². The monoisotopic (exact) mass is 348 g/mol. The molecule has 0 radical (unpaired) electrons. The number of nitrogens with zero attached hydrogens (tertiary/aromatic N) is 2. The normalized spacial score (nSPS) is 10.4. The molecule has 0 atom stereocenters. The van der Waals surface area contributed by atoms with E-state index in [0.717, 1.165) is 16.9 Å². The number of anilines is 1. The first kappa shape index (κ1) is 17.4. The molecule has 0 unspecified atom stereocenters. The number of nitrogens with one attached hydrogen (secondary N) is 2. The van der Waals surface area contributed by atoms with Crippen LogP contribution in [0.25, 0.3) is 5.69 Å². The summed E-state index contributed by atoms with van der Waals surface area (Å²) < 4.78 is 1.74. The molecular formula is C20H20N4O2. The number of hydrogen-bond acceptors (Lipinski definition) is 3. The smallest absolute Gasteiger partial charge is 0.259 e. The van der Waals surface area contributed by atoms with Gasteiger partial charge in [-0.3, -0.25) is 9.59 Å². The van der Waals surface area contributed by atoms with Gasteiger partial charge in [-0.1, -0.05) is 30.3 Å². The van der Waals surface area contributed by atoms with Gasteiger partial charge in [0, 0.05) is 12.7 Å². The average Bonchev–Trinajstić information content (AvgIpc) is 3.05. The van der Waals surface area contributed by atoms with Crippen molar-refractivity contribution >= 4 is 17.5 Å². The number of amides is 2. The van der Waals surface area contributed by atoms with Gasteiger partial charge in [0.15, 0.2) is 0 Å². The molecule has 26 heavy (non-hydrogen) atoms. The predicted molar refractivity (Wildman–Crippen MR) is 100 cm³/mol. The molecule has 0 fully saturated rings. The molecule has 2 amide bonds. The number of aromatic nitrogens is 2. The van der Waals surface area contributed by atoms with E-state index < -0.39 is 0 Å². The third kappa shape index (κ3) is 3.80. The minimum absolute atomic E-state index is 0.0502.